The van der Waals surface area contributed by atoms with Crippen molar-refractivity contribution < 1.29 is 27.1 Å². The molecule has 0 unspecified atom stereocenters. The van der Waals surface area contributed by atoms with Crippen LogP contribution in [0.3, 0.4) is 0 Å². The monoisotopic (exact) mass is 647 g/mol. The average Bonchev–Trinajstić information content (AvgIpc) is 2.94. The van der Waals surface area contributed by atoms with E-state index < -0.39 is 34.3 Å². The van der Waals surface area contributed by atoms with Gasteiger partial charge < -0.3 is 15.0 Å². The summed E-state index contributed by atoms with van der Waals surface area (Å²) < 4.78 is 48.6. The van der Waals surface area contributed by atoms with Crippen LogP contribution in [-0.4, -0.2) is 50.9 Å². The number of carbonyl (C=O) groups is 2. The molecule has 0 aliphatic heterocycles. The Kier molecular flexibility index (Phi) is 11.3. The van der Waals surface area contributed by atoms with Crippen LogP contribution in [0.15, 0.2) is 82.2 Å². The number of halogens is 2. The molecule has 220 valence electrons. The number of ether oxygens (including phenoxy) is 1. The summed E-state index contributed by atoms with van der Waals surface area (Å²) in [6.07, 6.45) is 0. The van der Waals surface area contributed by atoms with Crippen molar-refractivity contribution in [2.75, 3.05) is 24.0 Å². The summed E-state index contributed by atoms with van der Waals surface area (Å²) in [7, 11) is -4.27. The van der Waals surface area contributed by atoms with Gasteiger partial charge in [0, 0.05) is 17.6 Å². The van der Waals surface area contributed by atoms with Crippen LogP contribution in [0.5, 0.6) is 5.75 Å². The Labute approximate surface area is 249 Å². The zero-order valence-corrected chi connectivity index (χ0v) is 25.9. The lowest BCUT2D eigenvalue weighted by Crippen LogP contribution is -2.51. The Balaban J connectivity index is 2.00. The van der Waals surface area contributed by atoms with Crippen LogP contribution in [0.2, 0.25) is 0 Å². The van der Waals surface area contributed by atoms with E-state index in [9.17, 15) is 22.4 Å². The third kappa shape index (κ3) is 8.77. The Hall–Kier alpha value is -3.44. The standard InChI is InChI=1S/C30H35BrFN3O5S/c1-5-40-27-13-15-28(16-14-27)41(38,39)35(26-11-9-25(32)10-12-26)20-29(36)34(19-23-7-6-8-24(31)17-23)22(4)30(37)33-18-21(2)3/h6-17,21-22H,5,18-20H2,1-4H3,(H,33,37)/t22-/m1/s1. The molecule has 0 saturated heterocycles. The van der Waals surface area contributed by atoms with E-state index in [4.69, 9.17) is 4.74 Å². The first-order chi connectivity index (χ1) is 19.4. The van der Waals surface area contributed by atoms with E-state index in [-0.39, 0.29) is 29.0 Å². The molecular formula is C30H35BrFN3O5S. The summed E-state index contributed by atoms with van der Waals surface area (Å²) >= 11 is 3.43. The summed E-state index contributed by atoms with van der Waals surface area (Å²) in [5.74, 6) is -0.808. The first-order valence-corrected chi connectivity index (χ1v) is 15.5. The van der Waals surface area contributed by atoms with Crippen LogP contribution in [-0.2, 0) is 26.2 Å². The maximum absolute atomic E-state index is 13.9. The van der Waals surface area contributed by atoms with Gasteiger partial charge in [-0.05, 0) is 86.0 Å². The fraction of sp³-hybridized carbons (Fsp3) is 0.333. The van der Waals surface area contributed by atoms with Gasteiger partial charge in [0.15, 0.2) is 0 Å². The van der Waals surface area contributed by atoms with E-state index in [0.717, 1.165) is 26.5 Å². The molecule has 0 fully saturated rings. The van der Waals surface area contributed by atoms with Gasteiger partial charge in [-0.2, -0.15) is 0 Å². The van der Waals surface area contributed by atoms with Gasteiger partial charge in [0.25, 0.3) is 10.0 Å². The second-order valence-electron chi connectivity index (χ2n) is 9.86. The number of sulfonamides is 1. The molecular weight excluding hydrogens is 613 g/mol. The van der Waals surface area contributed by atoms with Gasteiger partial charge in [-0.1, -0.05) is 41.9 Å². The lowest BCUT2D eigenvalue weighted by Gasteiger charge is -2.32. The first kappa shape index (κ1) is 32.1. The molecule has 11 heteroatoms. The normalized spacial score (nSPS) is 12.1. The molecule has 0 bridgehead atoms. The van der Waals surface area contributed by atoms with Crippen molar-refractivity contribution in [1.82, 2.24) is 10.2 Å². The van der Waals surface area contributed by atoms with Crippen molar-refractivity contribution in [2.24, 2.45) is 5.92 Å². The largest absolute Gasteiger partial charge is 0.494 e. The number of anilines is 1. The maximum atomic E-state index is 13.9. The molecule has 0 aliphatic rings. The highest BCUT2D eigenvalue weighted by Gasteiger charge is 2.32. The number of carbonyl (C=O) groups excluding carboxylic acids is 2. The van der Waals surface area contributed by atoms with E-state index in [1.165, 1.54) is 41.3 Å². The van der Waals surface area contributed by atoms with Crippen molar-refractivity contribution in [3.8, 4) is 5.75 Å². The molecule has 0 aromatic heterocycles. The molecule has 0 spiro atoms. The number of nitrogens with one attached hydrogen (secondary N) is 1. The van der Waals surface area contributed by atoms with Gasteiger partial charge in [0.1, 0.15) is 24.2 Å². The predicted octanol–water partition coefficient (Wildman–Crippen LogP) is 5.37. The number of benzene rings is 3. The lowest BCUT2D eigenvalue weighted by molar-refractivity contribution is -0.139. The van der Waals surface area contributed by atoms with Crippen LogP contribution >= 0.6 is 15.9 Å². The number of rotatable bonds is 13. The molecule has 0 heterocycles. The van der Waals surface area contributed by atoms with Crippen LogP contribution in [0.25, 0.3) is 0 Å². The Morgan fingerprint density at radius 2 is 1.66 bits per heavy atom. The number of hydrogen-bond donors (Lipinski definition) is 1. The molecule has 0 aliphatic carbocycles. The van der Waals surface area contributed by atoms with E-state index in [2.05, 4.69) is 21.2 Å². The van der Waals surface area contributed by atoms with Gasteiger partial charge in [-0.15, -0.1) is 0 Å². The summed E-state index contributed by atoms with van der Waals surface area (Å²) in [5.41, 5.74) is 0.854. The van der Waals surface area contributed by atoms with Crippen molar-refractivity contribution in [2.45, 2.75) is 45.2 Å². The molecule has 3 rings (SSSR count). The van der Waals surface area contributed by atoms with E-state index in [1.54, 1.807) is 6.92 Å². The van der Waals surface area contributed by atoms with Crippen LogP contribution in [0.1, 0.15) is 33.3 Å². The highest BCUT2D eigenvalue weighted by atomic mass is 79.9. The molecule has 1 N–H and O–H groups in total. The summed E-state index contributed by atoms with van der Waals surface area (Å²) in [6, 6.07) is 17.1. The molecule has 3 aromatic carbocycles. The minimum atomic E-state index is -4.27. The van der Waals surface area contributed by atoms with Crippen molar-refractivity contribution in [3.05, 3.63) is 88.6 Å². The third-order valence-electron chi connectivity index (χ3n) is 6.21. The maximum Gasteiger partial charge on any atom is 0.264 e. The molecule has 0 saturated carbocycles. The van der Waals surface area contributed by atoms with Crippen LogP contribution in [0, 0.1) is 11.7 Å². The topological polar surface area (TPSA) is 96.0 Å². The predicted molar refractivity (Wildman–Crippen MR) is 161 cm³/mol. The van der Waals surface area contributed by atoms with Gasteiger partial charge in [0.2, 0.25) is 11.8 Å². The highest BCUT2D eigenvalue weighted by Crippen LogP contribution is 2.26. The van der Waals surface area contributed by atoms with Gasteiger partial charge in [0.05, 0.1) is 17.2 Å². The number of hydrogen-bond acceptors (Lipinski definition) is 5. The third-order valence-corrected chi connectivity index (χ3v) is 8.49. The summed E-state index contributed by atoms with van der Waals surface area (Å²) in [6.45, 7) is 7.63. The van der Waals surface area contributed by atoms with Gasteiger partial charge >= 0.3 is 0 Å². The summed E-state index contributed by atoms with van der Waals surface area (Å²) in [4.78, 5) is 28.2. The Morgan fingerprint density at radius 3 is 2.24 bits per heavy atom. The minimum Gasteiger partial charge on any atom is -0.494 e. The zero-order chi connectivity index (χ0) is 30.2. The van der Waals surface area contributed by atoms with Crippen LogP contribution < -0.4 is 14.4 Å². The van der Waals surface area contributed by atoms with Crippen molar-refractivity contribution >= 4 is 43.5 Å². The van der Waals surface area contributed by atoms with Crippen LogP contribution in [0.4, 0.5) is 10.1 Å². The second kappa shape index (κ2) is 14.5. The number of nitrogens with zero attached hydrogens (tertiary/aromatic N) is 2. The summed E-state index contributed by atoms with van der Waals surface area (Å²) in [5, 5.41) is 2.85. The lowest BCUT2D eigenvalue weighted by atomic mass is 10.1. The number of amides is 2. The Bertz CT molecular complexity index is 1430. The van der Waals surface area contributed by atoms with E-state index >= 15 is 0 Å². The van der Waals surface area contributed by atoms with E-state index in [0.29, 0.717) is 18.9 Å². The SMILES string of the molecule is CCOc1ccc(S(=O)(=O)N(CC(=O)N(Cc2cccc(Br)c2)[C@H](C)C(=O)NCC(C)C)c2ccc(F)cc2)cc1. The van der Waals surface area contributed by atoms with Gasteiger partial charge in [-0.25, -0.2) is 12.8 Å². The molecule has 0 radical (unpaired) electrons. The highest BCUT2D eigenvalue weighted by molar-refractivity contribution is 9.10. The molecule has 2 amide bonds. The quantitative estimate of drug-likeness (QED) is 0.269. The smallest absolute Gasteiger partial charge is 0.264 e. The van der Waals surface area contributed by atoms with Gasteiger partial charge in [-0.3, -0.25) is 13.9 Å². The second-order valence-corrected chi connectivity index (χ2v) is 12.6. The van der Waals surface area contributed by atoms with Crippen molar-refractivity contribution in [1.29, 1.82) is 0 Å². The molecule has 1 atom stereocenters. The van der Waals surface area contributed by atoms with E-state index in [1.807, 2.05) is 45.0 Å². The fourth-order valence-electron chi connectivity index (χ4n) is 4.00. The first-order valence-electron chi connectivity index (χ1n) is 13.2. The minimum absolute atomic E-state index is 0.0644. The molecule has 41 heavy (non-hydrogen) atoms. The fourth-order valence-corrected chi connectivity index (χ4v) is 5.87. The van der Waals surface area contributed by atoms with Crippen molar-refractivity contribution in [3.63, 3.8) is 0 Å². The molecule has 8 nitrogen and oxygen atoms in total. The average molecular weight is 649 g/mol. The Morgan fingerprint density at radius 1 is 1.00 bits per heavy atom. The molecule has 3 aromatic rings. The zero-order valence-electron chi connectivity index (χ0n) is 23.5.